The van der Waals surface area contributed by atoms with Gasteiger partial charge in [-0.25, -0.2) is 13.8 Å². The Morgan fingerprint density at radius 2 is 1.76 bits per heavy atom. The molecule has 0 radical (unpaired) electrons. The van der Waals surface area contributed by atoms with E-state index in [-0.39, 0.29) is 28.3 Å². The minimum absolute atomic E-state index is 0.00541. The van der Waals surface area contributed by atoms with E-state index in [1.54, 1.807) is 12.1 Å². The zero-order chi connectivity index (χ0) is 23.4. The van der Waals surface area contributed by atoms with Gasteiger partial charge in [0.2, 0.25) is 0 Å². The lowest BCUT2D eigenvalue weighted by Gasteiger charge is -2.33. The van der Waals surface area contributed by atoms with Crippen LogP contribution < -0.4 is 10.1 Å². The number of Topliss-reactive ketones (excluding diaryl/α,β-unsaturated/α-hetero) is 1. The highest BCUT2D eigenvalue weighted by Gasteiger charge is 2.36. The van der Waals surface area contributed by atoms with Crippen molar-refractivity contribution in [1.82, 2.24) is 5.43 Å². The van der Waals surface area contributed by atoms with Crippen LogP contribution >= 0.6 is 0 Å². The molecule has 1 aliphatic heterocycles. The summed E-state index contributed by atoms with van der Waals surface area (Å²) < 4.78 is 33.1. The number of rotatable bonds is 6. The Balaban J connectivity index is 1.35. The Labute approximate surface area is 192 Å². The number of ether oxygens (including phenoxy) is 1. The summed E-state index contributed by atoms with van der Waals surface area (Å²) >= 11 is 0. The summed E-state index contributed by atoms with van der Waals surface area (Å²) in [7, 11) is -3.73. The van der Waals surface area contributed by atoms with Crippen LogP contribution in [0.1, 0.15) is 41.6 Å². The largest absolute Gasteiger partial charge is 0.496 e. The van der Waals surface area contributed by atoms with Gasteiger partial charge in [-0.15, -0.1) is 0 Å². The first-order valence-electron chi connectivity index (χ1n) is 10.8. The number of carbonyl (C=O) groups excluding carboxylic acids is 2. The number of hydrogen-bond acceptors (Lipinski definition) is 6. The maximum atomic E-state index is 12.6. The molecule has 4 rings (SSSR count). The Morgan fingerprint density at radius 1 is 1.06 bits per heavy atom. The minimum Gasteiger partial charge on any atom is -0.496 e. The molecule has 0 spiro atoms. The van der Waals surface area contributed by atoms with E-state index in [0.717, 1.165) is 31.2 Å². The highest BCUT2D eigenvalue weighted by Crippen LogP contribution is 2.32. The maximum absolute atomic E-state index is 12.6. The lowest BCUT2D eigenvalue weighted by molar-refractivity contribution is -0.126. The molecule has 2 aliphatic rings. The number of anilines is 1. The predicted octanol–water partition coefficient (Wildman–Crippen LogP) is 3.55. The van der Waals surface area contributed by atoms with Gasteiger partial charge in [0.15, 0.2) is 5.78 Å². The van der Waals surface area contributed by atoms with Crippen molar-refractivity contribution < 1.29 is 22.7 Å². The molecule has 8 nitrogen and oxygen atoms in total. The highest BCUT2D eigenvalue weighted by atomic mass is 32.2. The third-order valence-electron chi connectivity index (χ3n) is 5.79. The van der Waals surface area contributed by atoms with Crippen molar-refractivity contribution >= 4 is 33.6 Å². The first-order chi connectivity index (χ1) is 15.8. The Hall–Kier alpha value is -3.46. The van der Waals surface area contributed by atoms with Gasteiger partial charge in [-0.1, -0.05) is 24.1 Å². The molecule has 0 aromatic heterocycles. The number of nitrogens with one attached hydrogen (secondary N) is 2. The number of nitrogens with zero attached hydrogens (tertiary/aromatic N) is 1. The zero-order valence-corrected chi connectivity index (χ0v) is 19.0. The molecular weight excluding hydrogens is 442 g/mol. The van der Waals surface area contributed by atoms with E-state index < -0.39 is 15.9 Å². The Bertz CT molecular complexity index is 1200. The van der Waals surface area contributed by atoms with Gasteiger partial charge in [-0.3, -0.25) is 14.3 Å². The first-order valence-corrected chi connectivity index (χ1v) is 12.2. The molecule has 2 aromatic carbocycles. The third-order valence-corrected chi connectivity index (χ3v) is 7.19. The van der Waals surface area contributed by atoms with Crippen molar-refractivity contribution in [3.8, 4) is 0 Å². The summed E-state index contributed by atoms with van der Waals surface area (Å²) in [5.74, 6) is -0.634. The molecule has 2 aromatic rings. The normalized spacial score (nSPS) is 20.5. The van der Waals surface area contributed by atoms with Crippen molar-refractivity contribution in [2.75, 3.05) is 4.72 Å². The van der Waals surface area contributed by atoms with Crippen LogP contribution in [-0.2, 0) is 19.6 Å². The van der Waals surface area contributed by atoms with Gasteiger partial charge < -0.3 is 4.74 Å². The van der Waals surface area contributed by atoms with Gasteiger partial charge in [0.1, 0.15) is 6.10 Å². The van der Waals surface area contributed by atoms with Crippen LogP contribution in [0, 0.1) is 12.8 Å². The van der Waals surface area contributed by atoms with Crippen molar-refractivity contribution in [3.05, 3.63) is 71.5 Å². The molecule has 1 amide bonds. The molecule has 1 heterocycles. The van der Waals surface area contributed by atoms with Crippen LogP contribution in [0.4, 0.5) is 5.69 Å². The predicted molar refractivity (Wildman–Crippen MR) is 124 cm³/mol. The minimum atomic E-state index is -3.73. The fourth-order valence-corrected chi connectivity index (χ4v) is 4.99. The summed E-state index contributed by atoms with van der Waals surface area (Å²) in [6, 6.07) is 12.5. The van der Waals surface area contributed by atoms with Gasteiger partial charge in [0.25, 0.3) is 15.9 Å². The number of sulfonamides is 1. The van der Waals surface area contributed by atoms with E-state index in [9.17, 15) is 18.0 Å². The molecule has 1 saturated carbocycles. The maximum Gasteiger partial charge on any atom is 0.271 e. The van der Waals surface area contributed by atoms with E-state index in [2.05, 4.69) is 15.2 Å². The number of ketones is 1. The average molecular weight is 468 g/mol. The molecule has 0 bridgehead atoms. The number of fused-ring (bicyclic) bond motifs is 1. The molecule has 1 fully saturated rings. The van der Waals surface area contributed by atoms with Crippen LogP contribution in [-0.4, -0.2) is 32.4 Å². The summed E-state index contributed by atoms with van der Waals surface area (Å²) in [6.45, 7) is 1.88. The summed E-state index contributed by atoms with van der Waals surface area (Å²) in [5, 5.41) is 3.88. The SMILES string of the molecule is Cc1ccc(S(=O)(=O)Nc2ccc(C(=O)N/N=C/C3=COC4CCCCC4C3=O)cc2)cc1. The Morgan fingerprint density at radius 3 is 2.48 bits per heavy atom. The second kappa shape index (κ2) is 9.58. The summed E-state index contributed by atoms with van der Waals surface area (Å²) in [5.41, 5.74) is 4.29. The van der Waals surface area contributed by atoms with Crippen LogP contribution in [0.2, 0.25) is 0 Å². The van der Waals surface area contributed by atoms with Crippen molar-refractivity contribution in [2.24, 2.45) is 11.0 Å². The number of hydrogen-bond donors (Lipinski definition) is 2. The molecule has 9 heteroatoms. The molecule has 1 aliphatic carbocycles. The number of benzene rings is 2. The molecule has 2 unspecified atom stereocenters. The van der Waals surface area contributed by atoms with Gasteiger partial charge in [-0.05, 0) is 62.6 Å². The number of carbonyl (C=O) groups is 2. The van der Waals surface area contributed by atoms with E-state index >= 15 is 0 Å². The number of hydrazone groups is 1. The van der Waals surface area contributed by atoms with Crippen LogP contribution in [0.5, 0.6) is 0 Å². The van der Waals surface area contributed by atoms with Crippen molar-refractivity contribution in [2.45, 2.75) is 43.6 Å². The van der Waals surface area contributed by atoms with Crippen LogP contribution in [0.25, 0.3) is 0 Å². The number of amides is 1. The standard InChI is InChI=1S/C24H25N3O5S/c1-16-6-12-20(13-7-16)33(30,31)27-19-10-8-17(9-11-19)24(29)26-25-14-18-15-32-22-5-3-2-4-21(22)23(18)28/h6-15,21-22,27H,2-5H2,1H3,(H,26,29)/b25-14+. The van der Waals surface area contributed by atoms with E-state index in [4.69, 9.17) is 4.74 Å². The quantitative estimate of drug-likeness (QED) is 0.498. The topological polar surface area (TPSA) is 114 Å². The second-order valence-electron chi connectivity index (χ2n) is 8.20. The lowest BCUT2D eigenvalue weighted by atomic mass is 9.80. The smallest absolute Gasteiger partial charge is 0.271 e. The van der Waals surface area contributed by atoms with Crippen LogP contribution in [0.3, 0.4) is 0 Å². The van der Waals surface area contributed by atoms with E-state index in [0.29, 0.717) is 11.3 Å². The second-order valence-corrected chi connectivity index (χ2v) is 9.88. The fourth-order valence-electron chi connectivity index (χ4n) is 3.93. The van der Waals surface area contributed by atoms with Gasteiger partial charge >= 0.3 is 0 Å². The third kappa shape index (κ3) is 5.31. The molecule has 2 atom stereocenters. The highest BCUT2D eigenvalue weighted by molar-refractivity contribution is 7.92. The van der Waals surface area contributed by atoms with Crippen molar-refractivity contribution in [3.63, 3.8) is 0 Å². The summed E-state index contributed by atoms with van der Waals surface area (Å²) in [6.07, 6.45) is 6.42. The first kappa shape index (κ1) is 22.7. The molecular formula is C24H25N3O5S. The number of allylic oxidation sites excluding steroid dienone is 1. The fraction of sp³-hybridized carbons (Fsp3) is 0.292. The van der Waals surface area contributed by atoms with E-state index in [1.165, 1.54) is 48.9 Å². The van der Waals surface area contributed by atoms with Crippen molar-refractivity contribution in [1.29, 1.82) is 0 Å². The number of aryl methyl sites for hydroxylation is 1. The summed E-state index contributed by atoms with van der Waals surface area (Å²) in [4.78, 5) is 25.1. The van der Waals surface area contributed by atoms with Gasteiger partial charge in [0, 0.05) is 11.3 Å². The molecule has 172 valence electrons. The van der Waals surface area contributed by atoms with Gasteiger partial charge in [-0.2, -0.15) is 5.10 Å². The lowest BCUT2D eigenvalue weighted by Crippen LogP contribution is -2.37. The molecule has 33 heavy (non-hydrogen) atoms. The zero-order valence-electron chi connectivity index (χ0n) is 18.2. The average Bonchev–Trinajstić information content (AvgIpc) is 2.81. The van der Waals surface area contributed by atoms with Gasteiger partial charge in [0.05, 0.1) is 28.9 Å². The van der Waals surface area contributed by atoms with Crippen LogP contribution in [0.15, 0.2) is 70.4 Å². The molecule has 0 saturated heterocycles. The van der Waals surface area contributed by atoms with E-state index in [1.807, 2.05) is 6.92 Å². The molecule has 2 N–H and O–H groups in total. The monoisotopic (exact) mass is 467 g/mol. The Kier molecular flexibility index (Phi) is 6.60.